The normalized spacial score (nSPS) is 35.7. The van der Waals surface area contributed by atoms with Gasteiger partial charge in [0, 0.05) is 12.0 Å². The van der Waals surface area contributed by atoms with Crippen molar-refractivity contribution in [2.24, 2.45) is 11.8 Å². The van der Waals surface area contributed by atoms with E-state index in [0.29, 0.717) is 5.92 Å². The number of rotatable bonds is 3. The number of hydrogen-bond donors (Lipinski definition) is 1. The van der Waals surface area contributed by atoms with Crippen molar-refractivity contribution in [1.82, 2.24) is 10.2 Å². The minimum absolute atomic E-state index is 0.0786. The van der Waals surface area contributed by atoms with E-state index in [9.17, 15) is 14.4 Å². The van der Waals surface area contributed by atoms with Gasteiger partial charge in [0.15, 0.2) is 0 Å². The lowest BCUT2D eigenvalue weighted by molar-refractivity contribution is -0.140. The van der Waals surface area contributed by atoms with Crippen LogP contribution >= 0.6 is 0 Å². The van der Waals surface area contributed by atoms with Crippen molar-refractivity contribution in [3.8, 4) is 0 Å². The molecule has 3 unspecified atom stereocenters. The summed E-state index contributed by atoms with van der Waals surface area (Å²) in [5, 5.41) is 2.28. The van der Waals surface area contributed by atoms with Gasteiger partial charge in [-0.3, -0.25) is 19.7 Å². The number of hydrogen-bond acceptors (Lipinski definition) is 3. The number of carbonyl (C=O) groups excluding carboxylic acids is 3. The first-order valence-corrected chi connectivity index (χ1v) is 6.24. The van der Waals surface area contributed by atoms with Crippen LogP contribution in [0.2, 0.25) is 0 Å². The van der Waals surface area contributed by atoms with Gasteiger partial charge in [-0.05, 0) is 25.2 Å². The second-order valence-corrected chi connectivity index (χ2v) is 5.43. The minimum atomic E-state index is -0.546. The fourth-order valence-electron chi connectivity index (χ4n) is 2.56. The SMILES string of the molecule is CC1CC1C(=O)N(C1CC1)C1CC(=O)NC1=O. The molecule has 3 rings (SSSR count). The van der Waals surface area contributed by atoms with Gasteiger partial charge in [-0.15, -0.1) is 0 Å². The Morgan fingerprint density at radius 3 is 2.41 bits per heavy atom. The molecule has 2 saturated carbocycles. The van der Waals surface area contributed by atoms with E-state index >= 15 is 0 Å². The molecule has 3 aliphatic rings. The van der Waals surface area contributed by atoms with Crippen molar-refractivity contribution in [2.75, 3.05) is 0 Å². The van der Waals surface area contributed by atoms with Gasteiger partial charge < -0.3 is 4.90 Å². The molecule has 3 amide bonds. The highest BCUT2D eigenvalue weighted by Crippen LogP contribution is 2.42. The van der Waals surface area contributed by atoms with E-state index in [2.05, 4.69) is 5.32 Å². The summed E-state index contributed by atoms with van der Waals surface area (Å²) < 4.78 is 0. The molecule has 1 heterocycles. The maximum absolute atomic E-state index is 12.3. The third-order valence-corrected chi connectivity index (χ3v) is 3.90. The van der Waals surface area contributed by atoms with Crippen LogP contribution in [-0.4, -0.2) is 34.7 Å². The lowest BCUT2D eigenvalue weighted by Crippen LogP contribution is -2.46. The fourth-order valence-corrected chi connectivity index (χ4v) is 2.56. The molecule has 5 heteroatoms. The molecule has 1 saturated heterocycles. The van der Waals surface area contributed by atoms with Crippen molar-refractivity contribution < 1.29 is 14.4 Å². The lowest BCUT2D eigenvalue weighted by Gasteiger charge is -2.26. The molecule has 3 atom stereocenters. The van der Waals surface area contributed by atoms with E-state index in [1.54, 1.807) is 4.90 Å². The van der Waals surface area contributed by atoms with Gasteiger partial charge in [0.2, 0.25) is 17.7 Å². The molecule has 0 aromatic carbocycles. The van der Waals surface area contributed by atoms with E-state index in [4.69, 9.17) is 0 Å². The summed E-state index contributed by atoms with van der Waals surface area (Å²) >= 11 is 0. The number of carbonyl (C=O) groups is 3. The molecular weight excluding hydrogens is 220 g/mol. The maximum atomic E-state index is 12.3. The van der Waals surface area contributed by atoms with Gasteiger partial charge in [-0.1, -0.05) is 6.92 Å². The summed E-state index contributed by atoms with van der Waals surface area (Å²) in [6.45, 7) is 2.05. The highest BCUT2D eigenvalue weighted by molar-refractivity contribution is 6.07. The highest BCUT2D eigenvalue weighted by atomic mass is 16.2. The zero-order valence-electron chi connectivity index (χ0n) is 9.81. The molecule has 0 aromatic heterocycles. The summed E-state index contributed by atoms with van der Waals surface area (Å²) in [5.41, 5.74) is 0. The number of nitrogens with zero attached hydrogens (tertiary/aromatic N) is 1. The topological polar surface area (TPSA) is 66.5 Å². The zero-order valence-corrected chi connectivity index (χ0v) is 9.81. The maximum Gasteiger partial charge on any atom is 0.249 e. The van der Waals surface area contributed by atoms with E-state index in [-0.39, 0.29) is 36.1 Å². The molecular formula is C12H16N2O3. The lowest BCUT2D eigenvalue weighted by atomic mass is 10.1. The molecule has 17 heavy (non-hydrogen) atoms. The van der Waals surface area contributed by atoms with Crippen LogP contribution in [0.1, 0.15) is 32.6 Å². The van der Waals surface area contributed by atoms with Gasteiger partial charge in [0.1, 0.15) is 6.04 Å². The Hall–Kier alpha value is -1.39. The molecule has 92 valence electrons. The Morgan fingerprint density at radius 2 is 2.00 bits per heavy atom. The molecule has 0 bridgehead atoms. The molecule has 2 aliphatic carbocycles. The van der Waals surface area contributed by atoms with Crippen LogP contribution in [0.4, 0.5) is 0 Å². The first-order valence-electron chi connectivity index (χ1n) is 6.24. The van der Waals surface area contributed by atoms with Gasteiger partial charge in [0.25, 0.3) is 0 Å². The Labute approximate surface area is 99.5 Å². The first kappa shape index (κ1) is 10.7. The zero-order chi connectivity index (χ0) is 12.2. The molecule has 3 fully saturated rings. The Bertz CT molecular complexity index is 403. The summed E-state index contributed by atoms with van der Waals surface area (Å²) in [6, 6.07) is -0.354. The van der Waals surface area contributed by atoms with Crippen LogP contribution in [0.25, 0.3) is 0 Å². The van der Waals surface area contributed by atoms with Crippen LogP contribution in [0.15, 0.2) is 0 Å². The second kappa shape index (κ2) is 3.55. The van der Waals surface area contributed by atoms with E-state index in [1.165, 1.54) is 0 Å². The van der Waals surface area contributed by atoms with Gasteiger partial charge in [-0.2, -0.15) is 0 Å². The van der Waals surface area contributed by atoms with Crippen LogP contribution in [0.3, 0.4) is 0 Å². The monoisotopic (exact) mass is 236 g/mol. The third kappa shape index (κ3) is 1.83. The summed E-state index contributed by atoms with van der Waals surface area (Å²) in [4.78, 5) is 36.8. The van der Waals surface area contributed by atoms with Crippen molar-refractivity contribution in [1.29, 1.82) is 0 Å². The molecule has 0 spiro atoms. The van der Waals surface area contributed by atoms with Crippen molar-refractivity contribution in [3.63, 3.8) is 0 Å². The van der Waals surface area contributed by atoms with Crippen molar-refractivity contribution >= 4 is 17.7 Å². The standard InChI is InChI=1S/C12H16N2O3/c1-6-4-8(6)12(17)14(7-2-3-7)9-5-10(15)13-11(9)16/h6-9H,2-5H2,1H3,(H,13,15,16). The molecule has 0 aromatic rings. The third-order valence-electron chi connectivity index (χ3n) is 3.90. The first-order chi connectivity index (χ1) is 8.08. The number of imide groups is 1. The Kier molecular flexibility index (Phi) is 2.24. The minimum Gasteiger partial charge on any atom is -0.327 e. The quantitative estimate of drug-likeness (QED) is 0.704. The highest BCUT2D eigenvalue weighted by Gasteiger charge is 2.50. The van der Waals surface area contributed by atoms with Gasteiger partial charge in [0.05, 0.1) is 6.42 Å². The summed E-state index contributed by atoms with van der Waals surface area (Å²) in [5.74, 6) is 0.0312. The number of amides is 3. The van der Waals surface area contributed by atoms with Crippen LogP contribution in [-0.2, 0) is 14.4 Å². The van der Waals surface area contributed by atoms with Gasteiger partial charge >= 0.3 is 0 Å². The molecule has 1 N–H and O–H groups in total. The summed E-state index contributed by atoms with van der Waals surface area (Å²) in [7, 11) is 0. The molecule has 0 radical (unpaired) electrons. The van der Waals surface area contributed by atoms with Crippen LogP contribution in [0.5, 0.6) is 0 Å². The number of nitrogens with one attached hydrogen (secondary N) is 1. The van der Waals surface area contributed by atoms with Crippen molar-refractivity contribution in [2.45, 2.75) is 44.7 Å². The van der Waals surface area contributed by atoms with E-state index in [1.807, 2.05) is 6.92 Å². The van der Waals surface area contributed by atoms with Crippen LogP contribution < -0.4 is 5.32 Å². The predicted octanol–water partition coefficient (Wildman–Crippen LogP) is 0.0485. The molecule has 5 nitrogen and oxygen atoms in total. The van der Waals surface area contributed by atoms with Crippen LogP contribution in [0, 0.1) is 11.8 Å². The average molecular weight is 236 g/mol. The largest absolute Gasteiger partial charge is 0.327 e. The van der Waals surface area contributed by atoms with E-state index < -0.39 is 6.04 Å². The van der Waals surface area contributed by atoms with E-state index in [0.717, 1.165) is 19.3 Å². The van der Waals surface area contributed by atoms with Gasteiger partial charge in [-0.25, -0.2) is 0 Å². The average Bonchev–Trinajstić information content (AvgIpc) is 3.13. The Balaban J connectivity index is 1.78. The molecule has 1 aliphatic heterocycles. The summed E-state index contributed by atoms with van der Waals surface area (Å²) in [6.07, 6.45) is 2.99. The fraction of sp³-hybridized carbons (Fsp3) is 0.750. The second-order valence-electron chi connectivity index (χ2n) is 5.43. The van der Waals surface area contributed by atoms with Crippen molar-refractivity contribution in [3.05, 3.63) is 0 Å². The Morgan fingerprint density at radius 1 is 1.35 bits per heavy atom. The smallest absolute Gasteiger partial charge is 0.249 e. The predicted molar refractivity (Wildman–Crippen MR) is 58.7 cm³/mol.